The average Bonchev–Trinajstić information content (AvgIpc) is 2.57. The molecule has 1 fully saturated rings. The maximum atomic E-state index is 13.9. The van der Waals surface area contributed by atoms with Crippen molar-refractivity contribution in [2.75, 3.05) is 33.2 Å². The second-order valence-electron chi connectivity index (χ2n) is 4.82. The Balaban J connectivity index is 2.07. The fourth-order valence-corrected chi connectivity index (χ4v) is 2.29. The monoisotopic (exact) mass is 247 g/mol. The molecule has 0 aromatic heterocycles. The summed E-state index contributed by atoms with van der Waals surface area (Å²) in [5.41, 5.74) is 0.762. The van der Waals surface area contributed by atoms with Crippen LogP contribution >= 0.6 is 0 Å². The summed E-state index contributed by atoms with van der Waals surface area (Å²) in [5.74, 6) is -0.363. The van der Waals surface area contributed by atoms with E-state index >= 15 is 0 Å². The minimum absolute atomic E-state index is 0.138. The highest BCUT2D eigenvalue weighted by atomic mass is 19.1. The minimum atomic E-state index is -0.363. The van der Waals surface area contributed by atoms with E-state index in [2.05, 4.69) is 16.8 Å². The van der Waals surface area contributed by atoms with E-state index in [0.717, 1.165) is 32.6 Å². The number of likely N-dealkylation sites (N-methyl/N-ethyl adjacent to an activating group) is 1. The standard InChI is InChI=1S/C14H18FN3/c1-17-6-3-7-18(9-8-17)11-13-5-2-4-12(10-16)14(13)15/h2,4-5H,3,6-9,11H2,1H3. The topological polar surface area (TPSA) is 30.3 Å². The van der Waals surface area contributed by atoms with E-state index in [1.165, 1.54) is 6.07 Å². The summed E-state index contributed by atoms with van der Waals surface area (Å²) in [4.78, 5) is 4.55. The highest BCUT2D eigenvalue weighted by molar-refractivity contribution is 5.34. The minimum Gasteiger partial charge on any atom is -0.305 e. The smallest absolute Gasteiger partial charge is 0.145 e. The fraction of sp³-hybridized carbons (Fsp3) is 0.500. The highest BCUT2D eigenvalue weighted by Gasteiger charge is 2.15. The summed E-state index contributed by atoms with van der Waals surface area (Å²) in [6.45, 7) is 4.64. The molecule has 0 unspecified atom stereocenters. The first-order chi connectivity index (χ1) is 8.70. The molecule has 96 valence electrons. The number of nitrogens with zero attached hydrogens (tertiary/aromatic N) is 3. The summed E-state index contributed by atoms with van der Waals surface area (Å²) in [7, 11) is 2.11. The van der Waals surface area contributed by atoms with Gasteiger partial charge in [0.1, 0.15) is 11.9 Å². The third-order valence-corrected chi connectivity index (χ3v) is 3.41. The van der Waals surface area contributed by atoms with Crippen molar-refractivity contribution in [3.05, 3.63) is 35.1 Å². The maximum Gasteiger partial charge on any atom is 0.145 e. The SMILES string of the molecule is CN1CCCN(Cc2cccc(C#N)c2F)CC1. The van der Waals surface area contributed by atoms with Crippen LogP contribution in [0.15, 0.2) is 18.2 Å². The van der Waals surface area contributed by atoms with E-state index in [-0.39, 0.29) is 11.4 Å². The van der Waals surface area contributed by atoms with Crippen LogP contribution in [0.1, 0.15) is 17.5 Å². The van der Waals surface area contributed by atoms with Crippen molar-refractivity contribution >= 4 is 0 Å². The third-order valence-electron chi connectivity index (χ3n) is 3.41. The lowest BCUT2D eigenvalue weighted by Gasteiger charge is -2.20. The van der Waals surface area contributed by atoms with E-state index in [4.69, 9.17) is 5.26 Å². The van der Waals surface area contributed by atoms with E-state index < -0.39 is 0 Å². The van der Waals surface area contributed by atoms with E-state index in [1.807, 2.05) is 6.07 Å². The van der Waals surface area contributed by atoms with Crippen molar-refractivity contribution in [1.82, 2.24) is 9.80 Å². The summed E-state index contributed by atoms with van der Waals surface area (Å²) in [5, 5.41) is 8.82. The molecule has 0 N–H and O–H groups in total. The second-order valence-corrected chi connectivity index (χ2v) is 4.82. The first-order valence-electron chi connectivity index (χ1n) is 6.29. The molecule has 3 nitrogen and oxygen atoms in total. The first-order valence-corrected chi connectivity index (χ1v) is 6.29. The van der Waals surface area contributed by atoms with Gasteiger partial charge in [-0.2, -0.15) is 5.26 Å². The van der Waals surface area contributed by atoms with Gasteiger partial charge in [0.25, 0.3) is 0 Å². The molecule has 0 radical (unpaired) electrons. The molecule has 1 aliphatic heterocycles. The molecule has 0 saturated carbocycles. The van der Waals surface area contributed by atoms with E-state index in [1.54, 1.807) is 12.1 Å². The van der Waals surface area contributed by atoms with Crippen LogP contribution in [0.2, 0.25) is 0 Å². The molecule has 1 heterocycles. The zero-order chi connectivity index (χ0) is 13.0. The zero-order valence-electron chi connectivity index (χ0n) is 10.7. The van der Waals surface area contributed by atoms with Crippen LogP contribution in [0.25, 0.3) is 0 Å². The quantitative estimate of drug-likeness (QED) is 0.798. The Kier molecular flexibility index (Phi) is 4.29. The number of rotatable bonds is 2. The van der Waals surface area contributed by atoms with Gasteiger partial charge >= 0.3 is 0 Å². The van der Waals surface area contributed by atoms with Crippen LogP contribution in [-0.4, -0.2) is 43.0 Å². The number of hydrogen-bond acceptors (Lipinski definition) is 3. The van der Waals surface area contributed by atoms with Crippen LogP contribution in [0.4, 0.5) is 4.39 Å². The summed E-state index contributed by atoms with van der Waals surface area (Å²) in [6.07, 6.45) is 1.11. The summed E-state index contributed by atoms with van der Waals surface area (Å²) in [6, 6.07) is 6.93. The van der Waals surface area contributed by atoms with Gasteiger partial charge in [0.15, 0.2) is 0 Å². The molecular formula is C14H18FN3. The van der Waals surface area contributed by atoms with Gasteiger partial charge in [0.05, 0.1) is 5.56 Å². The van der Waals surface area contributed by atoms with Crippen molar-refractivity contribution < 1.29 is 4.39 Å². The Hall–Kier alpha value is -1.44. The second kappa shape index (κ2) is 5.94. The Morgan fingerprint density at radius 3 is 2.89 bits per heavy atom. The molecular weight excluding hydrogens is 229 g/mol. The molecule has 0 bridgehead atoms. The molecule has 0 aliphatic carbocycles. The van der Waals surface area contributed by atoms with Crippen molar-refractivity contribution in [3.63, 3.8) is 0 Å². The Morgan fingerprint density at radius 2 is 2.11 bits per heavy atom. The van der Waals surface area contributed by atoms with Crippen LogP contribution in [-0.2, 0) is 6.54 Å². The van der Waals surface area contributed by atoms with E-state index in [9.17, 15) is 4.39 Å². The van der Waals surface area contributed by atoms with Gasteiger partial charge in [0.2, 0.25) is 0 Å². The predicted molar refractivity (Wildman–Crippen MR) is 68.5 cm³/mol. The van der Waals surface area contributed by atoms with Crippen molar-refractivity contribution in [2.45, 2.75) is 13.0 Å². The average molecular weight is 247 g/mol. The van der Waals surface area contributed by atoms with Gasteiger partial charge in [-0.3, -0.25) is 4.90 Å². The van der Waals surface area contributed by atoms with Gasteiger partial charge < -0.3 is 4.90 Å². The molecule has 0 spiro atoms. The number of nitriles is 1. The van der Waals surface area contributed by atoms with Gasteiger partial charge in [-0.25, -0.2) is 4.39 Å². The molecule has 1 aromatic carbocycles. The number of hydrogen-bond donors (Lipinski definition) is 0. The summed E-state index contributed by atoms with van der Waals surface area (Å²) >= 11 is 0. The van der Waals surface area contributed by atoms with Gasteiger partial charge in [-0.05, 0) is 32.6 Å². The lowest BCUT2D eigenvalue weighted by atomic mass is 10.1. The number of halogens is 1. The Bertz CT molecular complexity index is 453. The van der Waals surface area contributed by atoms with Crippen molar-refractivity contribution in [2.24, 2.45) is 0 Å². The normalized spacial score (nSPS) is 18.3. The Labute approximate surface area is 107 Å². The maximum absolute atomic E-state index is 13.9. The third kappa shape index (κ3) is 3.06. The van der Waals surface area contributed by atoms with Crippen LogP contribution < -0.4 is 0 Å². The zero-order valence-corrected chi connectivity index (χ0v) is 10.7. The fourth-order valence-electron chi connectivity index (χ4n) is 2.29. The molecule has 0 atom stereocenters. The van der Waals surface area contributed by atoms with Gasteiger partial charge in [0, 0.05) is 25.2 Å². The van der Waals surface area contributed by atoms with Crippen LogP contribution in [0.3, 0.4) is 0 Å². The summed E-state index contributed by atoms with van der Waals surface area (Å²) < 4.78 is 13.9. The number of benzene rings is 1. The van der Waals surface area contributed by atoms with Crippen molar-refractivity contribution in [3.8, 4) is 6.07 Å². The molecule has 0 amide bonds. The lowest BCUT2D eigenvalue weighted by molar-refractivity contribution is 0.266. The molecule has 2 rings (SSSR count). The van der Waals surface area contributed by atoms with Crippen molar-refractivity contribution in [1.29, 1.82) is 5.26 Å². The highest BCUT2D eigenvalue weighted by Crippen LogP contribution is 2.15. The van der Waals surface area contributed by atoms with E-state index in [0.29, 0.717) is 12.1 Å². The molecule has 1 aromatic rings. The van der Waals surface area contributed by atoms with Gasteiger partial charge in [-0.1, -0.05) is 12.1 Å². The lowest BCUT2D eigenvalue weighted by Crippen LogP contribution is -2.28. The largest absolute Gasteiger partial charge is 0.305 e. The van der Waals surface area contributed by atoms with Gasteiger partial charge in [-0.15, -0.1) is 0 Å². The first kappa shape index (κ1) is 13.0. The predicted octanol–water partition coefficient (Wildman–Crippen LogP) is 1.83. The molecule has 1 aliphatic rings. The molecule has 1 saturated heterocycles. The Morgan fingerprint density at radius 1 is 1.28 bits per heavy atom. The van der Waals surface area contributed by atoms with Crippen LogP contribution in [0.5, 0.6) is 0 Å². The van der Waals surface area contributed by atoms with Crippen LogP contribution in [0, 0.1) is 17.1 Å². The molecule has 4 heteroatoms. The molecule has 18 heavy (non-hydrogen) atoms.